The minimum Gasteiger partial charge on any atom is -0.508 e. The Kier molecular flexibility index (Phi) is 6.19. The first kappa shape index (κ1) is 21.7. The Morgan fingerprint density at radius 3 is 2.73 bits per heavy atom. The van der Waals surface area contributed by atoms with E-state index in [4.69, 9.17) is 4.74 Å². The van der Waals surface area contributed by atoms with E-state index in [2.05, 4.69) is 13.0 Å². The summed E-state index contributed by atoms with van der Waals surface area (Å²) < 4.78 is 6.14. The summed E-state index contributed by atoms with van der Waals surface area (Å²) in [5.41, 5.74) is 2.97. The third-order valence-corrected chi connectivity index (χ3v) is 9.13. The summed E-state index contributed by atoms with van der Waals surface area (Å²) in [5.74, 6) is 3.19. The Balaban J connectivity index is 0.00000218. The minimum absolute atomic E-state index is 0. The van der Waals surface area contributed by atoms with Gasteiger partial charge in [-0.25, -0.2) is 0 Å². The number of benzene rings is 1. The first-order valence-corrected chi connectivity index (χ1v) is 12.1. The van der Waals surface area contributed by atoms with E-state index in [0.717, 1.165) is 31.6 Å². The molecule has 5 rings (SSSR count). The minimum atomic E-state index is 0. The zero-order valence-electron chi connectivity index (χ0n) is 17.9. The molecule has 30 heavy (non-hydrogen) atoms. The van der Waals surface area contributed by atoms with Crippen LogP contribution in [0.3, 0.4) is 0 Å². The highest BCUT2D eigenvalue weighted by atomic mass is 16.5. The largest absolute Gasteiger partial charge is 0.508 e. The number of aromatic hydroxyl groups is 1. The lowest BCUT2D eigenvalue weighted by Crippen LogP contribution is -2.45. The van der Waals surface area contributed by atoms with Gasteiger partial charge in [-0.1, -0.05) is 46.1 Å². The number of phenols is 1. The number of carbonyl (C=O) groups is 1. The molecule has 0 saturated heterocycles. The fourth-order valence-corrected chi connectivity index (χ4v) is 7.55. The summed E-state index contributed by atoms with van der Waals surface area (Å²) in [6.45, 7) is 2.40. The Morgan fingerprint density at radius 1 is 1.13 bits per heavy atom. The van der Waals surface area contributed by atoms with E-state index in [1.807, 2.05) is 12.1 Å². The van der Waals surface area contributed by atoms with E-state index in [0.29, 0.717) is 29.9 Å². The van der Waals surface area contributed by atoms with Crippen LogP contribution in [0, 0.1) is 23.2 Å². The van der Waals surface area contributed by atoms with Crippen molar-refractivity contribution in [2.24, 2.45) is 23.2 Å². The summed E-state index contributed by atoms with van der Waals surface area (Å²) in [6.07, 6.45) is 13.9. The van der Waals surface area contributed by atoms with Gasteiger partial charge in [0, 0.05) is 11.8 Å². The molecule has 0 bridgehead atoms. The molecule has 3 heteroatoms. The number of ether oxygens (including phenoxy) is 1. The zero-order valence-corrected chi connectivity index (χ0v) is 17.9. The van der Waals surface area contributed by atoms with Gasteiger partial charge >= 0.3 is 5.97 Å². The fourth-order valence-electron chi connectivity index (χ4n) is 7.55. The van der Waals surface area contributed by atoms with Gasteiger partial charge in [0.15, 0.2) is 0 Å². The van der Waals surface area contributed by atoms with E-state index >= 15 is 0 Å². The topological polar surface area (TPSA) is 46.5 Å². The van der Waals surface area contributed by atoms with Crippen molar-refractivity contribution in [3.63, 3.8) is 0 Å². The lowest BCUT2D eigenvalue weighted by Gasteiger charge is -2.50. The van der Waals surface area contributed by atoms with Crippen LogP contribution in [0.4, 0.5) is 0 Å². The van der Waals surface area contributed by atoms with Crippen LogP contribution in [0.2, 0.25) is 0 Å². The average Bonchev–Trinajstić information content (AvgIpc) is 3.34. The van der Waals surface area contributed by atoms with Crippen LogP contribution in [-0.4, -0.2) is 17.2 Å². The van der Waals surface area contributed by atoms with Crippen LogP contribution in [0.15, 0.2) is 18.2 Å². The molecule has 0 spiro atoms. The van der Waals surface area contributed by atoms with Gasteiger partial charge in [-0.05, 0) is 91.9 Å². The van der Waals surface area contributed by atoms with Crippen molar-refractivity contribution in [3.05, 3.63) is 29.3 Å². The van der Waals surface area contributed by atoms with Crippen molar-refractivity contribution in [1.29, 1.82) is 0 Å². The molecule has 5 atom stereocenters. The number of esters is 1. The van der Waals surface area contributed by atoms with Crippen molar-refractivity contribution in [2.75, 3.05) is 0 Å². The fraction of sp³-hybridized carbons (Fsp3) is 0.741. The summed E-state index contributed by atoms with van der Waals surface area (Å²) in [6, 6.07) is 6.00. The molecule has 0 radical (unpaired) electrons. The van der Waals surface area contributed by atoms with Crippen molar-refractivity contribution in [1.82, 2.24) is 0 Å². The zero-order chi connectivity index (χ0) is 20.0. The molecule has 0 amide bonds. The van der Waals surface area contributed by atoms with Gasteiger partial charge in [0.05, 0.1) is 0 Å². The first-order valence-electron chi connectivity index (χ1n) is 12.1. The van der Waals surface area contributed by atoms with E-state index in [1.165, 1.54) is 56.1 Å². The lowest BCUT2D eigenvalue weighted by molar-refractivity contribution is -0.157. The number of aryl methyl sites for hydroxylation is 1. The molecule has 1 aromatic rings. The Labute approximate surface area is 182 Å². The highest BCUT2D eigenvalue weighted by Gasteiger charge is 2.56. The monoisotopic (exact) mass is 412 g/mol. The molecule has 3 nitrogen and oxygen atoms in total. The van der Waals surface area contributed by atoms with Crippen LogP contribution in [0.1, 0.15) is 102 Å². The second-order valence-electron chi connectivity index (χ2n) is 10.6. The first-order chi connectivity index (χ1) is 14.0. The third-order valence-electron chi connectivity index (χ3n) is 9.13. The summed E-state index contributed by atoms with van der Waals surface area (Å²) in [4.78, 5) is 12.6. The van der Waals surface area contributed by atoms with Gasteiger partial charge in [0.2, 0.25) is 0 Å². The van der Waals surface area contributed by atoms with Gasteiger partial charge in [0.25, 0.3) is 0 Å². The van der Waals surface area contributed by atoms with Crippen LogP contribution < -0.4 is 0 Å². The van der Waals surface area contributed by atoms with Crippen LogP contribution in [0.25, 0.3) is 0 Å². The molecule has 0 heterocycles. The number of phenolic OH excluding ortho intramolecular Hbond substituents is 1. The molecule has 4 aliphatic carbocycles. The standard InChI is InChI=1S/C26H36O3.CH4/c1-26-15-14-21-20-10-8-19(27)16-18(20)7-9-22(21)23(26)11-12-24(26)29-25(28)13-6-17-4-2-3-5-17;/h8,10,16-17,21-24,27H,2-7,9,11-15H2,1H3;1H4/t21?,22?,23?,24-,26?;/m0./s1. The predicted octanol–water partition coefficient (Wildman–Crippen LogP) is 6.77. The number of rotatable bonds is 4. The molecule has 1 aromatic carbocycles. The molecule has 0 aliphatic heterocycles. The van der Waals surface area contributed by atoms with Gasteiger partial charge in [0.1, 0.15) is 11.9 Å². The highest BCUT2D eigenvalue weighted by molar-refractivity contribution is 5.69. The summed E-state index contributed by atoms with van der Waals surface area (Å²) in [5, 5.41) is 9.86. The normalized spacial score (nSPS) is 35.1. The number of fused-ring (bicyclic) bond motifs is 5. The molecule has 0 aromatic heterocycles. The Morgan fingerprint density at radius 2 is 1.93 bits per heavy atom. The van der Waals surface area contributed by atoms with Crippen molar-refractivity contribution in [2.45, 2.75) is 103 Å². The quantitative estimate of drug-likeness (QED) is 0.555. The summed E-state index contributed by atoms with van der Waals surface area (Å²) in [7, 11) is 0. The Hall–Kier alpha value is -1.51. The van der Waals surface area contributed by atoms with E-state index in [1.54, 1.807) is 0 Å². The van der Waals surface area contributed by atoms with Crippen LogP contribution in [0.5, 0.6) is 5.75 Å². The SMILES string of the molecule is C.CC12CCC3c4ccc(O)cc4CCC3C1CC[C@@H]2OC(=O)CCC1CCCC1. The molecule has 4 unspecified atom stereocenters. The molecular formula is C27H40O3. The average molecular weight is 413 g/mol. The maximum Gasteiger partial charge on any atom is 0.306 e. The maximum atomic E-state index is 12.6. The second kappa shape index (κ2) is 8.55. The van der Waals surface area contributed by atoms with Crippen LogP contribution in [-0.2, 0) is 16.0 Å². The van der Waals surface area contributed by atoms with Gasteiger partial charge < -0.3 is 9.84 Å². The van der Waals surface area contributed by atoms with Crippen molar-refractivity contribution in [3.8, 4) is 5.75 Å². The molecule has 1 N–H and O–H groups in total. The predicted molar refractivity (Wildman–Crippen MR) is 121 cm³/mol. The number of hydrogen-bond acceptors (Lipinski definition) is 3. The second-order valence-corrected chi connectivity index (χ2v) is 10.6. The smallest absolute Gasteiger partial charge is 0.306 e. The highest BCUT2D eigenvalue weighted by Crippen LogP contribution is 2.61. The summed E-state index contributed by atoms with van der Waals surface area (Å²) >= 11 is 0. The Bertz CT molecular complexity index is 765. The van der Waals surface area contributed by atoms with Crippen molar-refractivity contribution < 1.29 is 14.6 Å². The van der Waals surface area contributed by atoms with Crippen LogP contribution >= 0.6 is 0 Å². The van der Waals surface area contributed by atoms with Gasteiger partial charge in [-0.15, -0.1) is 0 Å². The van der Waals surface area contributed by atoms with E-state index < -0.39 is 0 Å². The van der Waals surface area contributed by atoms with E-state index in [-0.39, 0.29) is 24.9 Å². The molecule has 4 aliphatic rings. The molecule has 166 valence electrons. The third kappa shape index (κ3) is 3.78. The lowest BCUT2D eigenvalue weighted by atomic mass is 9.55. The van der Waals surface area contributed by atoms with Crippen molar-refractivity contribution >= 4 is 5.97 Å². The number of hydrogen-bond donors (Lipinski definition) is 1. The molecule has 3 fully saturated rings. The number of carbonyl (C=O) groups excluding carboxylic acids is 1. The van der Waals surface area contributed by atoms with E-state index in [9.17, 15) is 9.90 Å². The van der Waals surface area contributed by atoms with Gasteiger partial charge in [-0.2, -0.15) is 0 Å². The van der Waals surface area contributed by atoms with Gasteiger partial charge in [-0.3, -0.25) is 4.79 Å². The molecular weight excluding hydrogens is 372 g/mol. The maximum absolute atomic E-state index is 12.6. The molecule has 3 saturated carbocycles.